The van der Waals surface area contributed by atoms with Gasteiger partial charge < -0.3 is 5.32 Å². The second-order valence-electron chi connectivity index (χ2n) is 5.90. The Hall–Kier alpha value is -3.26. The quantitative estimate of drug-likeness (QED) is 0.530. The number of benzene rings is 2. The number of para-hydroxylation sites is 1. The maximum atomic E-state index is 12.1. The van der Waals surface area contributed by atoms with Gasteiger partial charge in [0.05, 0.1) is 5.52 Å². The van der Waals surface area contributed by atoms with Gasteiger partial charge in [-0.25, -0.2) is 4.98 Å². The minimum atomic E-state index is -0.516. The minimum Gasteiger partial charge on any atom is -0.352 e. The first-order chi connectivity index (χ1) is 13.5. The lowest BCUT2D eigenvalue weighted by Crippen LogP contribution is -2.43. The van der Waals surface area contributed by atoms with E-state index < -0.39 is 11.8 Å². The lowest BCUT2D eigenvalue weighted by Gasteiger charge is -2.08. The highest BCUT2D eigenvalue weighted by Crippen LogP contribution is 2.12. The summed E-state index contributed by atoms with van der Waals surface area (Å²) in [5, 5.41) is 3.57. The lowest BCUT2D eigenvalue weighted by atomic mass is 10.2. The van der Waals surface area contributed by atoms with E-state index in [4.69, 9.17) is 0 Å². The summed E-state index contributed by atoms with van der Waals surface area (Å²) in [6.07, 6.45) is 0.0215. The van der Waals surface area contributed by atoms with Crippen LogP contribution in [0.1, 0.15) is 27.3 Å². The number of pyridine rings is 1. The van der Waals surface area contributed by atoms with Crippen molar-refractivity contribution >= 4 is 44.6 Å². The van der Waals surface area contributed by atoms with Crippen LogP contribution in [0.5, 0.6) is 0 Å². The number of carbonyl (C=O) groups is 3. The van der Waals surface area contributed by atoms with Crippen molar-refractivity contribution in [2.24, 2.45) is 0 Å². The largest absolute Gasteiger partial charge is 0.352 e. The molecule has 142 valence electrons. The first-order valence-corrected chi connectivity index (χ1v) is 9.31. The number of halogens is 1. The number of nitrogens with zero attached hydrogens (tertiary/aromatic N) is 1. The van der Waals surface area contributed by atoms with Crippen molar-refractivity contribution in [3.63, 3.8) is 0 Å². The fourth-order valence-electron chi connectivity index (χ4n) is 2.44. The number of hydrazine groups is 1. The number of amides is 3. The van der Waals surface area contributed by atoms with Gasteiger partial charge >= 0.3 is 0 Å². The summed E-state index contributed by atoms with van der Waals surface area (Å²) in [5.74, 6) is -1.21. The molecular formula is C20H17BrN4O3. The van der Waals surface area contributed by atoms with Gasteiger partial charge in [0.1, 0.15) is 5.69 Å². The third-order valence-electron chi connectivity index (χ3n) is 3.89. The summed E-state index contributed by atoms with van der Waals surface area (Å²) in [5.41, 5.74) is 6.02. The molecule has 1 aromatic heterocycles. The van der Waals surface area contributed by atoms with Crippen molar-refractivity contribution in [3.05, 3.63) is 76.4 Å². The molecule has 0 aliphatic carbocycles. The molecule has 3 N–H and O–H groups in total. The van der Waals surface area contributed by atoms with Gasteiger partial charge in [0.15, 0.2) is 0 Å². The molecular weight excluding hydrogens is 424 g/mol. The zero-order valence-electron chi connectivity index (χ0n) is 14.7. The molecule has 0 saturated heterocycles. The van der Waals surface area contributed by atoms with E-state index in [1.165, 1.54) is 0 Å². The van der Waals surface area contributed by atoms with Crippen molar-refractivity contribution in [2.75, 3.05) is 6.54 Å². The van der Waals surface area contributed by atoms with Gasteiger partial charge in [-0.15, -0.1) is 0 Å². The average molecular weight is 441 g/mol. The van der Waals surface area contributed by atoms with Gasteiger partial charge in [-0.05, 0) is 36.4 Å². The van der Waals surface area contributed by atoms with E-state index in [9.17, 15) is 14.4 Å². The standard InChI is InChI=1S/C20H17BrN4O3/c21-15-8-5-14(6-9-15)19(27)22-12-11-18(26)24-25-20(28)17-10-7-13-3-1-2-4-16(13)23-17/h1-10H,11-12H2,(H,22,27)(H,24,26)(H,25,28). The molecule has 1 heterocycles. The Morgan fingerprint density at radius 3 is 2.39 bits per heavy atom. The molecule has 0 spiro atoms. The van der Waals surface area contributed by atoms with Gasteiger partial charge in [0, 0.05) is 28.4 Å². The second kappa shape index (κ2) is 9.09. The van der Waals surface area contributed by atoms with Crippen molar-refractivity contribution in [1.29, 1.82) is 0 Å². The molecule has 0 bridgehead atoms. The SMILES string of the molecule is O=C(CCNC(=O)c1ccc(Br)cc1)NNC(=O)c1ccc2ccccc2n1. The third-order valence-corrected chi connectivity index (χ3v) is 4.42. The second-order valence-corrected chi connectivity index (χ2v) is 6.82. The molecule has 0 saturated carbocycles. The van der Waals surface area contributed by atoms with Crippen LogP contribution in [0, 0.1) is 0 Å². The van der Waals surface area contributed by atoms with E-state index >= 15 is 0 Å². The molecule has 3 amide bonds. The zero-order chi connectivity index (χ0) is 19.9. The Bertz CT molecular complexity index is 1020. The molecule has 0 fully saturated rings. The van der Waals surface area contributed by atoms with Crippen LogP contribution in [-0.2, 0) is 4.79 Å². The van der Waals surface area contributed by atoms with Gasteiger partial charge in [0.25, 0.3) is 11.8 Å². The summed E-state index contributed by atoms with van der Waals surface area (Å²) in [6, 6.07) is 17.7. The topological polar surface area (TPSA) is 100 Å². The predicted octanol–water partition coefficient (Wildman–Crippen LogP) is 2.58. The van der Waals surface area contributed by atoms with E-state index in [1.807, 2.05) is 18.2 Å². The summed E-state index contributed by atoms with van der Waals surface area (Å²) >= 11 is 3.30. The molecule has 0 unspecified atom stereocenters. The lowest BCUT2D eigenvalue weighted by molar-refractivity contribution is -0.121. The molecule has 7 nitrogen and oxygen atoms in total. The monoisotopic (exact) mass is 440 g/mol. The minimum absolute atomic E-state index is 0.0215. The number of carbonyl (C=O) groups excluding carboxylic acids is 3. The molecule has 28 heavy (non-hydrogen) atoms. The Kier molecular flexibility index (Phi) is 6.33. The zero-order valence-corrected chi connectivity index (χ0v) is 16.3. The summed E-state index contributed by atoms with van der Waals surface area (Å²) in [6.45, 7) is 0.144. The van der Waals surface area contributed by atoms with E-state index in [1.54, 1.807) is 42.5 Å². The average Bonchev–Trinajstić information content (AvgIpc) is 2.72. The van der Waals surface area contributed by atoms with Crippen LogP contribution in [0.25, 0.3) is 10.9 Å². The Balaban J connectivity index is 1.43. The highest BCUT2D eigenvalue weighted by Gasteiger charge is 2.10. The van der Waals surface area contributed by atoms with E-state index in [0.717, 1.165) is 9.86 Å². The molecule has 0 aliphatic rings. The van der Waals surface area contributed by atoms with Gasteiger partial charge in [-0.1, -0.05) is 40.2 Å². The van der Waals surface area contributed by atoms with Gasteiger partial charge in [-0.2, -0.15) is 0 Å². The van der Waals surface area contributed by atoms with E-state index in [0.29, 0.717) is 11.1 Å². The smallest absolute Gasteiger partial charge is 0.288 e. The number of fused-ring (bicyclic) bond motifs is 1. The molecule has 3 rings (SSSR count). The van der Waals surface area contributed by atoms with Crippen LogP contribution < -0.4 is 16.2 Å². The summed E-state index contributed by atoms with van der Waals surface area (Å²) < 4.78 is 0.875. The highest BCUT2D eigenvalue weighted by molar-refractivity contribution is 9.10. The molecule has 0 atom stereocenters. The number of aromatic nitrogens is 1. The fraction of sp³-hybridized carbons (Fsp3) is 0.100. The molecule has 3 aromatic rings. The van der Waals surface area contributed by atoms with Gasteiger partial charge in [0.2, 0.25) is 5.91 Å². The van der Waals surface area contributed by atoms with Crippen LogP contribution in [0.4, 0.5) is 0 Å². The number of nitrogens with one attached hydrogen (secondary N) is 3. The summed E-state index contributed by atoms with van der Waals surface area (Å²) in [4.78, 5) is 40.2. The predicted molar refractivity (Wildman–Crippen MR) is 108 cm³/mol. The van der Waals surface area contributed by atoms with Crippen LogP contribution in [-0.4, -0.2) is 29.3 Å². The van der Waals surface area contributed by atoms with Gasteiger partial charge in [-0.3, -0.25) is 25.2 Å². The normalized spacial score (nSPS) is 10.3. The molecule has 2 aromatic carbocycles. The van der Waals surface area contributed by atoms with Crippen LogP contribution in [0.2, 0.25) is 0 Å². The summed E-state index contributed by atoms with van der Waals surface area (Å²) in [7, 11) is 0. The van der Waals surface area contributed by atoms with Crippen molar-refractivity contribution in [2.45, 2.75) is 6.42 Å². The molecule has 0 aliphatic heterocycles. The van der Waals surface area contributed by atoms with Crippen molar-refractivity contribution < 1.29 is 14.4 Å². The Labute approximate surface area is 169 Å². The molecule has 8 heteroatoms. The Morgan fingerprint density at radius 1 is 0.857 bits per heavy atom. The number of hydrogen-bond donors (Lipinski definition) is 3. The van der Waals surface area contributed by atoms with Crippen LogP contribution in [0.3, 0.4) is 0 Å². The van der Waals surface area contributed by atoms with Crippen molar-refractivity contribution in [3.8, 4) is 0 Å². The highest BCUT2D eigenvalue weighted by atomic mass is 79.9. The maximum Gasteiger partial charge on any atom is 0.288 e. The first kappa shape index (κ1) is 19.5. The van der Waals surface area contributed by atoms with Crippen LogP contribution >= 0.6 is 15.9 Å². The van der Waals surface area contributed by atoms with Crippen LogP contribution in [0.15, 0.2) is 65.1 Å². The third kappa shape index (κ3) is 5.14. The van der Waals surface area contributed by atoms with Crippen molar-refractivity contribution in [1.82, 2.24) is 21.2 Å². The Morgan fingerprint density at radius 2 is 1.61 bits per heavy atom. The fourth-order valence-corrected chi connectivity index (χ4v) is 2.70. The molecule has 0 radical (unpaired) electrons. The maximum absolute atomic E-state index is 12.1. The first-order valence-electron chi connectivity index (χ1n) is 8.52. The number of rotatable bonds is 5. The van der Waals surface area contributed by atoms with E-state index in [-0.39, 0.29) is 24.6 Å². The number of hydrogen-bond acceptors (Lipinski definition) is 4. The van der Waals surface area contributed by atoms with E-state index in [2.05, 4.69) is 37.1 Å².